The van der Waals surface area contributed by atoms with E-state index in [-0.39, 0.29) is 0 Å². The van der Waals surface area contributed by atoms with Crippen LogP contribution < -0.4 is 5.73 Å². The number of nitrogens with zero attached hydrogens (tertiary/aromatic N) is 3. The van der Waals surface area contributed by atoms with Crippen LogP contribution in [0.25, 0.3) is 16.9 Å². The second-order valence-corrected chi connectivity index (χ2v) is 5.64. The standard InChI is InChI=1S/C15H15BrN4/c1-3-10-8-11(16)5-7-13(10)20-14-12(19-15(20)17)6-4-9(2)18-14/h4-8H,3H2,1-2H3,(H2,17,19). The van der Waals surface area contributed by atoms with Gasteiger partial charge in [-0.1, -0.05) is 22.9 Å². The van der Waals surface area contributed by atoms with Crippen molar-refractivity contribution in [2.24, 2.45) is 0 Å². The van der Waals surface area contributed by atoms with Crippen LogP contribution in [0.5, 0.6) is 0 Å². The van der Waals surface area contributed by atoms with Crippen molar-refractivity contribution in [2.75, 3.05) is 5.73 Å². The summed E-state index contributed by atoms with van der Waals surface area (Å²) in [7, 11) is 0. The van der Waals surface area contributed by atoms with Crippen LogP contribution in [0.15, 0.2) is 34.8 Å². The second-order valence-electron chi connectivity index (χ2n) is 4.73. The first-order chi connectivity index (χ1) is 9.60. The maximum atomic E-state index is 6.10. The highest BCUT2D eigenvalue weighted by Crippen LogP contribution is 2.27. The molecule has 2 heterocycles. The molecule has 0 atom stereocenters. The van der Waals surface area contributed by atoms with E-state index in [1.54, 1.807) is 0 Å². The topological polar surface area (TPSA) is 56.7 Å². The fourth-order valence-electron chi connectivity index (χ4n) is 2.36. The number of hydrogen-bond donors (Lipinski definition) is 1. The van der Waals surface area contributed by atoms with E-state index in [0.29, 0.717) is 5.95 Å². The molecular weight excluding hydrogens is 316 g/mol. The minimum atomic E-state index is 0.468. The highest BCUT2D eigenvalue weighted by molar-refractivity contribution is 9.10. The van der Waals surface area contributed by atoms with Gasteiger partial charge in [0.1, 0.15) is 5.52 Å². The summed E-state index contributed by atoms with van der Waals surface area (Å²) in [6.07, 6.45) is 0.916. The molecule has 0 aliphatic carbocycles. The largest absolute Gasteiger partial charge is 0.369 e. The molecule has 3 aromatic rings. The van der Waals surface area contributed by atoms with Gasteiger partial charge in [-0.2, -0.15) is 0 Å². The van der Waals surface area contributed by atoms with E-state index >= 15 is 0 Å². The van der Waals surface area contributed by atoms with E-state index in [1.807, 2.05) is 35.8 Å². The lowest BCUT2D eigenvalue weighted by Gasteiger charge is -2.11. The molecule has 0 aliphatic rings. The quantitative estimate of drug-likeness (QED) is 0.780. The Labute approximate surface area is 125 Å². The average Bonchev–Trinajstić information content (AvgIpc) is 2.74. The molecule has 0 spiro atoms. The lowest BCUT2D eigenvalue weighted by molar-refractivity contribution is 1.02. The van der Waals surface area contributed by atoms with E-state index < -0.39 is 0 Å². The van der Waals surface area contributed by atoms with E-state index in [2.05, 4.69) is 38.9 Å². The predicted molar refractivity (Wildman–Crippen MR) is 85.1 cm³/mol. The van der Waals surface area contributed by atoms with Gasteiger partial charge in [-0.3, -0.25) is 4.57 Å². The Morgan fingerprint density at radius 1 is 1.20 bits per heavy atom. The third-order valence-corrected chi connectivity index (χ3v) is 3.83. The van der Waals surface area contributed by atoms with Gasteiger partial charge in [0, 0.05) is 10.2 Å². The van der Waals surface area contributed by atoms with Gasteiger partial charge >= 0.3 is 0 Å². The lowest BCUT2D eigenvalue weighted by Crippen LogP contribution is -2.04. The third kappa shape index (κ3) is 2.08. The molecular formula is C15H15BrN4. The summed E-state index contributed by atoms with van der Waals surface area (Å²) in [6.45, 7) is 4.09. The minimum Gasteiger partial charge on any atom is -0.369 e. The van der Waals surface area contributed by atoms with E-state index in [1.165, 1.54) is 5.56 Å². The second kappa shape index (κ2) is 4.90. The molecule has 0 aliphatic heterocycles. The molecule has 0 unspecified atom stereocenters. The van der Waals surface area contributed by atoms with Crippen LogP contribution in [0.4, 0.5) is 5.95 Å². The number of aryl methyl sites for hydroxylation is 2. The van der Waals surface area contributed by atoms with Crippen molar-refractivity contribution in [1.82, 2.24) is 14.5 Å². The monoisotopic (exact) mass is 330 g/mol. The van der Waals surface area contributed by atoms with Crippen LogP contribution >= 0.6 is 15.9 Å². The van der Waals surface area contributed by atoms with E-state index in [0.717, 1.165) is 33.4 Å². The van der Waals surface area contributed by atoms with Crippen LogP contribution in [-0.2, 0) is 6.42 Å². The molecule has 0 saturated carbocycles. The molecule has 2 N–H and O–H groups in total. The van der Waals surface area contributed by atoms with Crippen molar-refractivity contribution in [3.05, 3.63) is 46.1 Å². The van der Waals surface area contributed by atoms with Gasteiger partial charge in [-0.25, -0.2) is 9.97 Å². The van der Waals surface area contributed by atoms with E-state index in [9.17, 15) is 0 Å². The third-order valence-electron chi connectivity index (χ3n) is 3.33. The number of nitrogen functional groups attached to an aromatic ring is 1. The zero-order chi connectivity index (χ0) is 14.3. The van der Waals surface area contributed by atoms with Crippen molar-refractivity contribution in [1.29, 1.82) is 0 Å². The molecule has 4 nitrogen and oxygen atoms in total. The summed E-state index contributed by atoms with van der Waals surface area (Å²) >= 11 is 3.51. The molecule has 20 heavy (non-hydrogen) atoms. The highest BCUT2D eigenvalue weighted by Gasteiger charge is 2.14. The van der Waals surface area contributed by atoms with Gasteiger partial charge in [0.25, 0.3) is 0 Å². The number of rotatable bonds is 2. The Morgan fingerprint density at radius 2 is 2.00 bits per heavy atom. The van der Waals surface area contributed by atoms with Crippen molar-refractivity contribution in [2.45, 2.75) is 20.3 Å². The summed E-state index contributed by atoms with van der Waals surface area (Å²) in [6, 6.07) is 10.1. The van der Waals surface area contributed by atoms with Gasteiger partial charge in [-0.05, 0) is 49.2 Å². The number of anilines is 1. The van der Waals surface area contributed by atoms with Crippen molar-refractivity contribution < 1.29 is 0 Å². The number of hydrogen-bond acceptors (Lipinski definition) is 3. The number of benzene rings is 1. The van der Waals surface area contributed by atoms with Crippen molar-refractivity contribution in [3.8, 4) is 5.69 Å². The van der Waals surface area contributed by atoms with Gasteiger partial charge in [0.2, 0.25) is 5.95 Å². The SMILES string of the molecule is CCc1cc(Br)ccc1-n1c(N)nc2ccc(C)nc21. The minimum absolute atomic E-state index is 0.468. The Morgan fingerprint density at radius 3 is 2.75 bits per heavy atom. The van der Waals surface area contributed by atoms with Crippen LogP contribution in [-0.4, -0.2) is 14.5 Å². The number of pyridine rings is 1. The molecule has 0 saturated heterocycles. The summed E-state index contributed by atoms with van der Waals surface area (Å²) < 4.78 is 2.98. The van der Waals surface area contributed by atoms with E-state index in [4.69, 9.17) is 5.73 Å². The van der Waals surface area contributed by atoms with Gasteiger partial charge < -0.3 is 5.73 Å². The fourth-order valence-corrected chi connectivity index (χ4v) is 2.77. The maximum absolute atomic E-state index is 6.10. The Kier molecular flexibility index (Phi) is 3.22. The van der Waals surface area contributed by atoms with Crippen molar-refractivity contribution >= 4 is 33.0 Å². The predicted octanol–water partition coefficient (Wildman–Crippen LogP) is 3.64. The van der Waals surface area contributed by atoms with Gasteiger partial charge in [0.05, 0.1) is 5.69 Å². The molecule has 5 heteroatoms. The summed E-state index contributed by atoms with van der Waals surface area (Å²) in [5, 5.41) is 0. The first-order valence-corrected chi connectivity index (χ1v) is 7.30. The first kappa shape index (κ1) is 13.1. The highest BCUT2D eigenvalue weighted by atomic mass is 79.9. The first-order valence-electron chi connectivity index (χ1n) is 6.50. The molecule has 0 bridgehead atoms. The molecule has 0 radical (unpaired) electrons. The number of halogens is 1. The van der Waals surface area contributed by atoms with Crippen LogP contribution in [0.1, 0.15) is 18.2 Å². The summed E-state index contributed by atoms with van der Waals surface area (Å²) in [4.78, 5) is 8.97. The van der Waals surface area contributed by atoms with Crippen LogP contribution in [0.3, 0.4) is 0 Å². The summed E-state index contributed by atoms with van der Waals surface area (Å²) in [5.41, 5.74) is 10.9. The number of nitrogens with two attached hydrogens (primary N) is 1. The maximum Gasteiger partial charge on any atom is 0.207 e. The zero-order valence-corrected chi connectivity index (χ0v) is 13.0. The van der Waals surface area contributed by atoms with Gasteiger partial charge in [-0.15, -0.1) is 0 Å². The van der Waals surface area contributed by atoms with Gasteiger partial charge in [0.15, 0.2) is 5.65 Å². The van der Waals surface area contributed by atoms with Crippen LogP contribution in [0.2, 0.25) is 0 Å². The molecule has 0 fully saturated rings. The fraction of sp³-hybridized carbons (Fsp3) is 0.200. The molecule has 0 amide bonds. The van der Waals surface area contributed by atoms with Crippen LogP contribution in [0, 0.1) is 6.92 Å². The Hall–Kier alpha value is -1.88. The number of imidazole rings is 1. The normalized spacial score (nSPS) is 11.2. The Balaban J connectivity index is 2.34. The average molecular weight is 331 g/mol. The molecule has 1 aromatic carbocycles. The lowest BCUT2D eigenvalue weighted by atomic mass is 10.1. The molecule has 2 aromatic heterocycles. The molecule has 102 valence electrons. The molecule has 3 rings (SSSR count). The zero-order valence-electron chi connectivity index (χ0n) is 11.4. The smallest absolute Gasteiger partial charge is 0.207 e. The Bertz CT molecular complexity index is 792. The number of fused-ring (bicyclic) bond motifs is 1. The summed E-state index contributed by atoms with van der Waals surface area (Å²) in [5.74, 6) is 0.468. The number of aromatic nitrogens is 3. The van der Waals surface area contributed by atoms with Crippen molar-refractivity contribution in [3.63, 3.8) is 0 Å².